The third-order valence-electron chi connectivity index (χ3n) is 2.53. The molecule has 2 aromatic heterocycles. The topological polar surface area (TPSA) is 87.0 Å². The van der Waals surface area contributed by atoms with Crippen molar-refractivity contribution >= 4 is 5.95 Å². The summed E-state index contributed by atoms with van der Waals surface area (Å²) in [5.41, 5.74) is 0. The molecule has 8 heteroatoms. The normalized spacial score (nSPS) is 10.6. The monoisotopic (exact) mass is 292 g/mol. The largest absolute Gasteiger partial charge is 0.461 e. The fourth-order valence-electron chi connectivity index (χ4n) is 1.56. The summed E-state index contributed by atoms with van der Waals surface area (Å²) in [6.45, 7) is 6.35. The van der Waals surface area contributed by atoms with Gasteiger partial charge >= 0.3 is 6.01 Å². The molecule has 0 bridgehead atoms. The van der Waals surface area contributed by atoms with Crippen molar-refractivity contribution in [2.45, 2.75) is 20.3 Å². The molecule has 2 aromatic rings. The quantitative estimate of drug-likeness (QED) is 0.697. The molecule has 0 aromatic carbocycles. The van der Waals surface area contributed by atoms with E-state index in [1.54, 1.807) is 23.3 Å². The second-order valence-corrected chi connectivity index (χ2v) is 4.18. The minimum atomic E-state index is 0.270. The van der Waals surface area contributed by atoms with Crippen LogP contribution in [0.2, 0.25) is 0 Å². The van der Waals surface area contributed by atoms with Crippen molar-refractivity contribution in [2.24, 2.45) is 0 Å². The highest BCUT2D eigenvalue weighted by Gasteiger charge is 2.08. The van der Waals surface area contributed by atoms with Gasteiger partial charge in [0.2, 0.25) is 11.9 Å². The van der Waals surface area contributed by atoms with Crippen molar-refractivity contribution < 1.29 is 9.47 Å². The van der Waals surface area contributed by atoms with Gasteiger partial charge in [0.25, 0.3) is 0 Å². The number of nitrogens with zero attached hydrogens (tertiary/aromatic N) is 5. The summed E-state index contributed by atoms with van der Waals surface area (Å²) >= 11 is 0. The summed E-state index contributed by atoms with van der Waals surface area (Å²) in [6, 6.07) is 0.270. The van der Waals surface area contributed by atoms with Crippen LogP contribution in [0.15, 0.2) is 18.7 Å². The number of anilines is 1. The predicted molar refractivity (Wildman–Crippen MR) is 77.7 cm³/mol. The number of rotatable bonds is 9. The van der Waals surface area contributed by atoms with Crippen LogP contribution in [0.5, 0.6) is 6.01 Å². The Labute approximate surface area is 123 Å². The van der Waals surface area contributed by atoms with Gasteiger partial charge in [-0.15, -0.1) is 0 Å². The Morgan fingerprint density at radius 2 is 2.10 bits per heavy atom. The Balaban J connectivity index is 2.12. The first-order valence-electron chi connectivity index (χ1n) is 7.02. The number of hydrogen-bond donors (Lipinski definition) is 1. The summed E-state index contributed by atoms with van der Waals surface area (Å²) in [5.74, 6) is 0.953. The minimum Gasteiger partial charge on any atom is -0.461 e. The number of ether oxygens (including phenoxy) is 2. The van der Waals surface area contributed by atoms with Gasteiger partial charge in [-0.3, -0.25) is 4.57 Å². The van der Waals surface area contributed by atoms with Gasteiger partial charge in [0.15, 0.2) is 0 Å². The molecule has 0 aliphatic rings. The molecule has 21 heavy (non-hydrogen) atoms. The van der Waals surface area contributed by atoms with E-state index in [0.717, 1.165) is 13.0 Å². The molecule has 0 aliphatic heterocycles. The van der Waals surface area contributed by atoms with E-state index < -0.39 is 0 Å². The summed E-state index contributed by atoms with van der Waals surface area (Å²) in [6.07, 6.45) is 6.04. The van der Waals surface area contributed by atoms with Crippen molar-refractivity contribution in [2.75, 3.05) is 31.7 Å². The first-order valence-corrected chi connectivity index (χ1v) is 7.02. The van der Waals surface area contributed by atoms with Crippen molar-refractivity contribution in [3.63, 3.8) is 0 Å². The third-order valence-corrected chi connectivity index (χ3v) is 2.53. The van der Waals surface area contributed by atoms with Crippen LogP contribution < -0.4 is 10.1 Å². The Bertz CT molecular complexity index is 531. The molecular weight excluding hydrogens is 272 g/mol. The fourth-order valence-corrected chi connectivity index (χ4v) is 1.56. The maximum absolute atomic E-state index is 5.51. The molecule has 0 aliphatic carbocycles. The second-order valence-electron chi connectivity index (χ2n) is 4.18. The molecule has 2 rings (SSSR count). The predicted octanol–water partition coefficient (Wildman–Crippen LogP) is 1.29. The zero-order chi connectivity index (χ0) is 14.9. The van der Waals surface area contributed by atoms with Gasteiger partial charge in [-0.25, -0.2) is 4.98 Å². The van der Waals surface area contributed by atoms with E-state index in [0.29, 0.717) is 31.7 Å². The molecule has 8 nitrogen and oxygen atoms in total. The number of imidazole rings is 1. The van der Waals surface area contributed by atoms with Gasteiger partial charge in [-0.05, 0) is 13.3 Å². The lowest BCUT2D eigenvalue weighted by Crippen LogP contribution is -2.13. The molecule has 0 saturated carbocycles. The van der Waals surface area contributed by atoms with E-state index in [1.807, 2.05) is 6.92 Å². The number of hydrogen-bond acceptors (Lipinski definition) is 7. The maximum Gasteiger partial charge on any atom is 0.323 e. The molecule has 114 valence electrons. The van der Waals surface area contributed by atoms with Crippen LogP contribution >= 0.6 is 0 Å². The third kappa shape index (κ3) is 4.67. The Morgan fingerprint density at radius 3 is 2.81 bits per heavy atom. The Morgan fingerprint density at radius 1 is 1.19 bits per heavy atom. The lowest BCUT2D eigenvalue weighted by Gasteiger charge is -2.09. The van der Waals surface area contributed by atoms with E-state index in [-0.39, 0.29) is 6.01 Å². The van der Waals surface area contributed by atoms with Crippen molar-refractivity contribution in [3.05, 3.63) is 18.7 Å². The van der Waals surface area contributed by atoms with Crippen LogP contribution in [0.3, 0.4) is 0 Å². The average molecular weight is 292 g/mol. The van der Waals surface area contributed by atoms with Crippen LogP contribution in [-0.2, 0) is 4.74 Å². The molecule has 1 N–H and O–H groups in total. The SMILES string of the molecule is CCCNc1nc(OCCOCC)nc(-n2ccnc2)n1. The zero-order valence-corrected chi connectivity index (χ0v) is 12.3. The second kappa shape index (κ2) is 8.15. The summed E-state index contributed by atoms with van der Waals surface area (Å²) < 4.78 is 12.4. The first-order chi connectivity index (χ1) is 10.3. The molecule has 0 unspecified atom stereocenters. The summed E-state index contributed by atoms with van der Waals surface area (Å²) in [4.78, 5) is 16.8. The van der Waals surface area contributed by atoms with E-state index in [1.165, 1.54) is 0 Å². The maximum atomic E-state index is 5.51. The van der Waals surface area contributed by atoms with Crippen LogP contribution in [-0.4, -0.2) is 50.9 Å². The molecule has 0 spiro atoms. The lowest BCUT2D eigenvalue weighted by atomic mass is 10.5. The van der Waals surface area contributed by atoms with E-state index >= 15 is 0 Å². The summed E-state index contributed by atoms with van der Waals surface area (Å²) in [5, 5.41) is 3.13. The van der Waals surface area contributed by atoms with Crippen LogP contribution in [0, 0.1) is 0 Å². The smallest absolute Gasteiger partial charge is 0.323 e. The minimum absolute atomic E-state index is 0.270. The Hall–Kier alpha value is -2.22. The van der Waals surface area contributed by atoms with E-state index in [4.69, 9.17) is 9.47 Å². The number of nitrogens with one attached hydrogen (secondary N) is 1. The summed E-state index contributed by atoms with van der Waals surface area (Å²) in [7, 11) is 0. The van der Waals surface area contributed by atoms with Crippen LogP contribution in [0.1, 0.15) is 20.3 Å². The van der Waals surface area contributed by atoms with Crippen LogP contribution in [0.25, 0.3) is 5.95 Å². The van der Waals surface area contributed by atoms with Crippen molar-refractivity contribution in [3.8, 4) is 12.0 Å². The van der Waals surface area contributed by atoms with Gasteiger partial charge < -0.3 is 14.8 Å². The van der Waals surface area contributed by atoms with Gasteiger partial charge in [0.1, 0.15) is 12.9 Å². The molecular formula is C13H20N6O2. The zero-order valence-electron chi connectivity index (χ0n) is 12.3. The van der Waals surface area contributed by atoms with Gasteiger partial charge in [0.05, 0.1) is 6.61 Å². The molecule has 2 heterocycles. The molecule has 0 amide bonds. The molecule has 0 fully saturated rings. The molecule has 0 saturated heterocycles. The highest BCUT2D eigenvalue weighted by Crippen LogP contribution is 2.11. The lowest BCUT2D eigenvalue weighted by molar-refractivity contribution is 0.106. The van der Waals surface area contributed by atoms with Crippen LogP contribution in [0.4, 0.5) is 5.95 Å². The van der Waals surface area contributed by atoms with Gasteiger partial charge in [0, 0.05) is 25.5 Å². The van der Waals surface area contributed by atoms with Crippen molar-refractivity contribution in [1.29, 1.82) is 0 Å². The molecule has 0 atom stereocenters. The molecule has 0 radical (unpaired) electrons. The number of aromatic nitrogens is 5. The average Bonchev–Trinajstić information content (AvgIpc) is 3.04. The standard InChI is InChI=1S/C13H20N6O2/c1-3-5-15-11-16-12(19-7-6-14-10-19)18-13(17-11)21-9-8-20-4-2/h6-7,10H,3-5,8-9H2,1-2H3,(H,15,16,17,18). The fraction of sp³-hybridized carbons (Fsp3) is 0.538. The highest BCUT2D eigenvalue weighted by atomic mass is 16.5. The van der Waals surface area contributed by atoms with Gasteiger partial charge in [-0.1, -0.05) is 6.92 Å². The highest BCUT2D eigenvalue weighted by molar-refractivity contribution is 5.30. The van der Waals surface area contributed by atoms with E-state index in [2.05, 4.69) is 32.2 Å². The Kier molecular flexibility index (Phi) is 5.89. The van der Waals surface area contributed by atoms with Crippen molar-refractivity contribution in [1.82, 2.24) is 24.5 Å². The van der Waals surface area contributed by atoms with E-state index in [9.17, 15) is 0 Å². The first kappa shape index (κ1) is 15.2. The van der Waals surface area contributed by atoms with Gasteiger partial charge in [-0.2, -0.15) is 15.0 Å².